The summed E-state index contributed by atoms with van der Waals surface area (Å²) in [4.78, 5) is 0. The lowest BCUT2D eigenvalue weighted by Gasteiger charge is -2.19. The van der Waals surface area contributed by atoms with Crippen LogP contribution in [0.4, 0.5) is 0 Å². The summed E-state index contributed by atoms with van der Waals surface area (Å²) in [5.74, 6) is 0. The van der Waals surface area contributed by atoms with Crippen LogP contribution in [0.25, 0.3) is 0 Å². The maximum absolute atomic E-state index is 9.83. The first-order chi connectivity index (χ1) is 6.57. The summed E-state index contributed by atoms with van der Waals surface area (Å²) in [5, 5.41) is 10.6. The minimum atomic E-state index is -0.758. The van der Waals surface area contributed by atoms with Crippen molar-refractivity contribution in [2.45, 2.75) is 19.1 Å². The standard InChI is InChI=1S/C10H12Cl2O2/c1-6(14-2)10(13)7-4-3-5-8(11)9(7)12/h3-6,10,13H,1-2H3/t6-,10+/m1/s1. The van der Waals surface area contributed by atoms with Gasteiger partial charge >= 0.3 is 0 Å². The second-order valence-electron chi connectivity index (χ2n) is 3.03. The van der Waals surface area contributed by atoms with Crippen molar-refractivity contribution in [3.8, 4) is 0 Å². The Kier molecular flexibility index (Phi) is 4.20. The Morgan fingerprint density at radius 3 is 2.57 bits per heavy atom. The van der Waals surface area contributed by atoms with Crippen LogP contribution in [0.5, 0.6) is 0 Å². The molecule has 2 nitrogen and oxygen atoms in total. The Morgan fingerprint density at radius 2 is 2.00 bits per heavy atom. The van der Waals surface area contributed by atoms with Crippen LogP contribution in [-0.2, 0) is 4.74 Å². The molecule has 0 aromatic heterocycles. The van der Waals surface area contributed by atoms with Crippen LogP contribution in [0.15, 0.2) is 18.2 Å². The molecule has 4 heteroatoms. The lowest BCUT2D eigenvalue weighted by Crippen LogP contribution is -2.17. The zero-order valence-electron chi connectivity index (χ0n) is 8.00. The molecule has 78 valence electrons. The molecule has 1 rings (SSSR count). The third-order valence-corrected chi connectivity index (χ3v) is 2.95. The Hall–Kier alpha value is -0.280. The van der Waals surface area contributed by atoms with Crippen LogP contribution in [0, 0.1) is 0 Å². The van der Waals surface area contributed by atoms with Gasteiger partial charge in [-0.25, -0.2) is 0 Å². The number of aliphatic hydroxyl groups is 1. The summed E-state index contributed by atoms with van der Waals surface area (Å²) in [5.41, 5.74) is 0.591. The number of methoxy groups -OCH3 is 1. The van der Waals surface area contributed by atoms with E-state index in [2.05, 4.69) is 0 Å². The summed E-state index contributed by atoms with van der Waals surface area (Å²) in [6, 6.07) is 5.15. The van der Waals surface area contributed by atoms with E-state index in [9.17, 15) is 5.11 Å². The van der Waals surface area contributed by atoms with Gasteiger partial charge < -0.3 is 9.84 Å². The predicted octanol–water partition coefficient (Wildman–Crippen LogP) is 3.06. The first-order valence-corrected chi connectivity index (χ1v) is 4.98. The molecule has 1 N–H and O–H groups in total. The van der Waals surface area contributed by atoms with E-state index >= 15 is 0 Å². The molecule has 0 aliphatic rings. The van der Waals surface area contributed by atoms with Crippen LogP contribution in [0.3, 0.4) is 0 Å². The molecule has 0 amide bonds. The molecule has 0 aliphatic carbocycles. The highest BCUT2D eigenvalue weighted by molar-refractivity contribution is 6.42. The maximum Gasteiger partial charge on any atom is 0.106 e. The second kappa shape index (κ2) is 4.99. The average molecular weight is 235 g/mol. The molecule has 14 heavy (non-hydrogen) atoms. The normalized spacial score (nSPS) is 15.2. The Labute approximate surface area is 93.4 Å². The van der Waals surface area contributed by atoms with E-state index in [0.717, 1.165) is 0 Å². The zero-order chi connectivity index (χ0) is 10.7. The van der Waals surface area contributed by atoms with E-state index in [1.165, 1.54) is 7.11 Å². The van der Waals surface area contributed by atoms with E-state index < -0.39 is 6.10 Å². The molecule has 0 fully saturated rings. The smallest absolute Gasteiger partial charge is 0.106 e. The molecule has 0 bridgehead atoms. The lowest BCUT2D eigenvalue weighted by atomic mass is 10.1. The van der Waals surface area contributed by atoms with Crippen LogP contribution >= 0.6 is 23.2 Å². The number of hydrogen-bond donors (Lipinski definition) is 1. The summed E-state index contributed by atoms with van der Waals surface area (Å²) in [7, 11) is 1.53. The van der Waals surface area contributed by atoms with Crippen molar-refractivity contribution in [2.75, 3.05) is 7.11 Å². The first-order valence-electron chi connectivity index (χ1n) is 4.22. The van der Waals surface area contributed by atoms with Gasteiger partial charge in [0.25, 0.3) is 0 Å². The largest absolute Gasteiger partial charge is 0.386 e. The Balaban J connectivity index is 3.01. The third-order valence-electron chi connectivity index (χ3n) is 2.12. The highest BCUT2D eigenvalue weighted by Crippen LogP contribution is 2.31. The average Bonchev–Trinajstić information content (AvgIpc) is 2.20. The third kappa shape index (κ3) is 2.39. The number of halogens is 2. The van der Waals surface area contributed by atoms with Gasteiger partial charge in [-0.15, -0.1) is 0 Å². The summed E-state index contributed by atoms with van der Waals surface area (Å²) < 4.78 is 5.01. The van der Waals surface area contributed by atoms with Crippen molar-refractivity contribution in [1.29, 1.82) is 0 Å². The van der Waals surface area contributed by atoms with Gasteiger partial charge in [0, 0.05) is 12.7 Å². The lowest BCUT2D eigenvalue weighted by molar-refractivity contribution is -0.00137. The maximum atomic E-state index is 9.83. The summed E-state index contributed by atoms with van der Waals surface area (Å²) in [6.45, 7) is 1.77. The molecule has 0 spiro atoms. The SMILES string of the molecule is CO[C@H](C)[C@H](O)c1cccc(Cl)c1Cl. The zero-order valence-corrected chi connectivity index (χ0v) is 9.51. The van der Waals surface area contributed by atoms with E-state index in [4.69, 9.17) is 27.9 Å². The molecule has 0 saturated heterocycles. The molecule has 1 aromatic carbocycles. The van der Waals surface area contributed by atoms with Gasteiger partial charge in [-0.2, -0.15) is 0 Å². The minimum absolute atomic E-state index is 0.314. The van der Waals surface area contributed by atoms with E-state index in [0.29, 0.717) is 15.6 Å². The van der Waals surface area contributed by atoms with Gasteiger partial charge in [-0.05, 0) is 13.0 Å². The fourth-order valence-corrected chi connectivity index (χ4v) is 1.55. The molecular formula is C10H12Cl2O2. The summed E-state index contributed by atoms with van der Waals surface area (Å²) >= 11 is 11.8. The van der Waals surface area contributed by atoms with Crippen LogP contribution in [0.2, 0.25) is 10.0 Å². The fourth-order valence-electron chi connectivity index (χ4n) is 1.13. The quantitative estimate of drug-likeness (QED) is 0.872. The van der Waals surface area contributed by atoms with E-state index in [1.54, 1.807) is 25.1 Å². The number of rotatable bonds is 3. The summed E-state index contributed by atoms with van der Waals surface area (Å²) in [6.07, 6.45) is -1.07. The molecule has 0 aliphatic heterocycles. The molecule has 0 saturated carbocycles. The number of aliphatic hydroxyl groups excluding tert-OH is 1. The van der Waals surface area contributed by atoms with Crippen molar-refractivity contribution in [2.24, 2.45) is 0 Å². The van der Waals surface area contributed by atoms with Gasteiger partial charge in [0.2, 0.25) is 0 Å². The number of ether oxygens (including phenoxy) is 1. The molecule has 0 heterocycles. The highest BCUT2D eigenvalue weighted by Gasteiger charge is 2.19. The van der Waals surface area contributed by atoms with Gasteiger partial charge in [-0.3, -0.25) is 0 Å². The van der Waals surface area contributed by atoms with Crippen molar-refractivity contribution >= 4 is 23.2 Å². The van der Waals surface area contributed by atoms with Crippen LogP contribution in [0.1, 0.15) is 18.6 Å². The van der Waals surface area contributed by atoms with E-state index in [-0.39, 0.29) is 6.10 Å². The number of hydrogen-bond acceptors (Lipinski definition) is 2. The Bertz CT molecular complexity index is 315. The molecular weight excluding hydrogens is 223 g/mol. The van der Waals surface area contributed by atoms with Crippen molar-refractivity contribution < 1.29 is 9.84 Å². The fraction of sp³-hybridized carbons (Fsp3) is 0.400. The molecule has 1 aromatic rings. The molecule has 0 radical (unpaired) electrons. The Morgan fingerprint density at radius 1 is 1.36 bits per heavy atom. The van der Waals surface area contributed by atoms with Gasteiger partial charge in [0.15, 0.2) is 0 Å². The second-order valence-corrected chi connectivity index (χ2v) is 3.81. The predicted molar refractivity (Wildman–Crippen MR) is 57.9 cm³/mol. The van der Waals surface area contributed by atoms with Gasteiger partial charge in [0.1, 0.15) is 6.10 Å². The van der Waals surface area contributed by atoms with Gasteiger partial charge in [-0.1, -0.05) is 35.3 Å². The first kappa shape index (κ1) is 11.8. The highest BCUT2D eigenvalue weighted by atomic mass is 35.5. The van der Waals surface area contributed by atoms with Crippen molar-refractivity contribution in [3.05, 3.63) is 33.8 Å². The van der Waals surface area contributed by atoms with Crippen LogP contribution < -0.4 is 0 Å². The van der Waals surface area contributed by atoms with Crippen molar-refractivity contribution in [3.63, 3.8) is 0 Å². The monoisotopic (exact) mass is 234 g/mol. The molecule has 0 unspecified atom stereocenters. The molecule has 2 atom stereocenters. The number of benzene rings is 1. The topological polar surface area (TPSA) is 29.5 Å². The van der Waals surface area contributed by atoms with Crippen LogP contribution in [-0.4, -0.2) is 18.3 Å². The van der Waals surface area contributed by atoms with Gasteiger partial charge in [0.05, 0.1) is 16.1 Å². The van der Waals surface area contributed by atoms with Crippen molar-refractivity contribution in [1.82, 2.24) is 0 Å². The minimum Gasteiger partial charge on any atom is -0.386 e. The van der Waals surface area contributed by atoms with E-state index in [1.807, 2.05) is 0 Å².